The Kier molecular flexibility index (Phi) is 6.86. The summed E-state index contributed by atoms with van der Waals surface area (Å²) in [5.74, 6) is -0.0190. The lowest BCUT2D eigenvalue weighted by Crippen LogP contribution is -2.50. The summed E-state index contributed by atoms with van der Waals surface area (Å²) in [6, 6.07) is 2.32. The molecule has 0 aromatic heterocycles. The predicted molar refractivity (Wildman–Crippen MR) is 78.2 cm³/mol. The molecule has 0 saturated heterocycles. The summed E-state index contributed by atoms with van der Waals surface area (Å²) in [7, 11) is 1.70. The average Bonchev–Trinajstić information content (AvgIpc) is 2.47. The van der Waals surface area contributed by atoms with E-state index in [0.717, 1.165) is 32.1 Å². The average molecular weight is 298 g/mol. The maximum atomic E-state index is 12.1. The zero-order valence-electron chi connectivity index (χ0n) is 12.2. The number of carbonyl (C=O) groups is 2. The fourth-order valence-electron chi connectivity index (χ4n) is 2.42. The second-order valence-electron chi connectivity index (χ2n) is 4.95. The molecule has 5 nitrogen and oxygen atoms in total. The van der Waals surface area contributed by atoms with Crippen molar-refractivity contribution < 1.29 is 14.3 Å². The lowest BCUT2D eigenvalue weighted by Gasteiger charge is -2.39. The number of nitriles is 1. The summed E-state index contributed by atoms with van der Waals surface area (Å²) >= 11 is 1.24. The van der Waals surface area contributed by atoms with E-state index in [-0.39, 0.29) is 23.4 Å². The minimum atomic E-state index is -0.653. The number of amides is 1. The fraction of sp³-hybridized carbons (Fsp3) is 0.786. The van der Waals surface area contributed by atoms with E-state index in [1.807, 2.05) is 0 Å². The largest absolute Gasteiger partial charge is 0.465 e. The van der Waals surface area contributed by atoms with Crippen LogP contribution in [-0.4, -0.2) is 47.5 Å². The topological polar surface area (TPSA) is 70.4 Å². The molecule has 0 aliphatic heterocycles. The molecule has 0 unspecified atom stereocenters. The molecule has 1 amide bonds. The summed E-state index contributed by atoms with van der Waals surface area (Å²) in [6.07, 6.45) is 4.59. The van der Waals surface area contributed by atoms with Gasteiger partial charge in [-0.3, -0.25) is 9.59 Å². The first-order valence-electron chi connectivity index (χ1n) is 6.97. The van der Waals surface area contributed by atoms with Gasteiger partial charge in [-0.1, -0.05) is 19.3 Å². The third kappa shape index (κ3) is 4.41. The predicted octanol–water partition coefficient (Wildman–Crippen LogP) is 1.97. The smallest absolute Gasteiger partial charge is 0.315 e. The van der Waals surface area contributed by atoms with Gasteiger partial charge in [0, 0.05) is 7.05 Å². The minimum absolute atomic E-state index is 0.0947. The molecule has 1 rings (SSSR count). The molecule has 6 heteroatoms. The van der Waals surface area contributed by atoms with Crippen molar-refractivity contribution >= 4 is 23.6 Å². The van der Waals surface area contributed by atoms with Gasteiger partial charge in [-0.2, -0.15) is 5.26 Å². The van der Waals surface area contributed by atoms with E-state index in [9.17, 15) is 14.9 Å². The van der Waals surface area contributed by atoms with E-state index >= 15 is 0 Å². The first-order valence-corrected chi connectivity index (χ1v) is 8.12. The van der Waals surface area contributed by atoms with Gasteiger partial charge in [0.05, 0.1) is 24.2 Å². The van der Waals surface area contributed by atoms with Gasteiger partial charge in [0.15, 0.2) is 0 Å². The number of hydrogen-bond acceptors (Lipinski definition) is 5. The van der Waals surface area contributed by atoms with E-state index < -0.39 is 5.54 Å². The number of hydrogen-bond donors (Lipinski definition) is 0. The van der Waals surface area contributed by atoms with Crippen molar-refractivity contribution in [1.82, 2.24) is 4.90 Å². The molecule has 1 aliphatic carbocycles. The maximum absolute atomic E-state index is 12.1. The van der Waals surface area contributed by atoms with Crippen molar-refractivity contribution in [3.8, 4) is 6.07 Å². The molecule has 0 N–H and O–H groups in total. The highest BCUT2D eigenvalue weighted by molar-refractivity contribution is 8.00. The summed E-state index contributed by atoms with van der Waals surface area (Å²) in [6.45, 7) is 2.10. The Morgan fingerprint density at radius 1 is 1.30 bits per heavy atom. The first kappa shape index (κ1) is 16.8. The Bertz CT molecular complexity index is 386. The molecule has 20 heavy (non-hydrogen) atoms. The van der Waals surface area contributed by atoms with Crippen molar-refractivity contribution in [2.45, 2.75) is 44.6 Å². The van der Waals surface area contributed by atoms with Crippen molar-refractivity contribution in [2.24, 2.45) is 0 Å². The molecule has 0 aromatic rings. The van der Waals surface area contributed by atoms with Crippen molar-refractivity contribution in [1.29, 1.82) is 5.26 Å². The fourth-order valence-corrected chi connectivity index (χ4v) is 3.14. The number of ether oxygens (including phenoxy) is 1. The van der Waals surface area contributed by atoms with E-state index in [1.54, 1.807) is 18.9 Å². The molecule has 0 bridgehead atoms. The van der Waals surface area contributed by atoms with Crippen LogP contribution >= 0.6 is 11.8 Å². The van der Waals surface area contributed by atoms with E-state index in [0.29, 0.717) is 6.61 Å². The van der Waals surface area contributed by atoms with Crippen LogP contribution in [0.1, 0.15) is 39.0 Å². The molecule has 1 saturated carbocycles. The van der Waals surface area contributed by atoms with Gasteiger partial charge in [-0.25, -0.2) is 0 Å². The van der Waals surface area contributed by atoms with Gasteiger partial charge >= 0.3 is 5.97 Å². The van der Waals surface area contributed by atoms with Gasteiger partial charge < -0.3 is 9.64 Å². The number of thioether (sulfide) groups is 1. The molecule has 1 aliphatic rings. The van der Waals surface area contributed by atoms with Gasteiger partial charge in [0.2, 0.25) is 5.91 Å². The second kappa shape index (κ2) is 8.15. The zero-order chi connectivity index (χ0) is 15.0. The molecule has 0 radical (unpaired) electrons. The Balaban J connectivity index is 2.45. The van der Waals surface area contributed by atoms with E-state index in [2.05, 4.69) is 6.07 Å². The normalized spacial score (nSPS) is 17.1. The molecule has 0 spiro atoms. The van der Waals surface area contributed by atoms with Crippen molar-refractivity contribution in [3.63, 3.8) is 0 Å². The van der Waals surface area contributed by atoms with Gasteiger partial charge in [0.25, 0.3) is 0 Å². The highest BCUT2D eigenvalue weighted by Crippen LogP contribution is 2.32. The first-order chi connectivity index (χ1) is 9.55. The monoisotopic (exact) mass is 298 g/mol. The van der Waals surface area contributed by atoms with E-state index in [4.69, 9.17) is 4.74 Å². The van der Waals surface area contributed by atoms with Crippen LogP contribution in [0.15, 0.2) is 0 Å². The maximum Gasteiger partial charge on any atom is 0.315 e. The highest BCUT2D eigenvalue weighted by atomic mass is 32.2. The Morgan fingerprint density at radius 2 is 1.95 bits per heavy atom. The van der Waals surface area contributed by atoms with Crippen LogP contribution in [0.2, 0.25) is 0 Å². The molecule has 1 fully saturated rings. The molecule has 0 atom stereocenters. The van der Waals surface area contributed by atoms with Gasteiger partial charge in [0.1, 0.15) is 5.54 Å². The van der Waals surface area contributed by atoms with Crippen LogP contribution in [0.4, 0.5) is 0 Å². The van der Waals surface area contributed by atoms with E-state index in [1.165, 1.54) is 11.8 Å². The highest BCUT2D eigenvalue weighted by Gasteiger charge is 2.38. The van der Waals surface area contributed by atoms with Gasteiger partial charge in [-0.15, -0.1) is 11.8 Å². The molecular weight excluding hydrogens is 276 g/mol. The third-order valence-corrected chi connectivity index (χ3v) is 4.55. The summed E-state index contributed by atoms with van der Waals surface area (Å²) in [5, 5.41) is 9.42. The van der Waals surface area contributed by atoms with Crippen LogP contribution < -0.4 is 0 Å². The van der Waals surface area contributed by atoms with Crippen LogP contribution in [0.5, 0.6) is 0 Å². The number of rotatable bonds is 6. The van der Waals surface area contributed by atoms with Crippen molar-refractivity contribution in [3.05, 3.63) is 0 Å². The quantitative estimate of drug-likeness (QED) is 0.701. The molecule has 112 valence electrons. The van der Waals surface area contributed by atoms with Crippen LogP contribution in [-0.2, 0) is 14.3 Å². The number of carbonyl (C=O) groups excluding carboxylic acids is 2. The third-order valence-electron chi connectivity index (χ3n) is 3.66. The number of esters is 1. The van der Waals surface area contributed by atoms with Crippen LogP contribution in [0.25, 0.3) is 0 Å². The summed E-state index contributed by atoms with van der Waals surface area (Å²) < 4.78 is 4.80. The minimum Gasteiger partial charge on any atom is -0.465 e. The molecule has 0 heterocycles. The second-order valence-corrected chi connectivity index (χ2v) is 5.94. The molecular formula is C14H22N2O3S. The zero-order valence-corrected chi connectivity index (χ0v) is 13.0. The summed E-state index contributed by atoms with van der Waals surface area (Å²) in [4.78, 5) is 24.9. The molecule has 0 aromatic carbocycles. The Morgan fingerprint density at radius 3 is 2.50 bits per heavy atom. The van der Waals surface area contributed by atoms with Crippen LogP contribution in [0.3, 0.4) is 0 Å². The lowest BCUT2D eigenvalue weighted by atomic mass is 9.81. The van der Waals surface area contributed by atoms with Gasteiger partial charge in [-0.05, 0) is 19.8 Å². The van der Waals surface area contributed by atoms with Crippen LogP contribution in [0, 0.1) is 11.3 Å². The standard InChI is InChI=1S/C14H22N2O3S/c1-3-19-13(18)10-20-9-12(17)16(2)14(11-15)7-5-4-6-8-14/h3-10H2,1-2H3. The SMILES string of the molecule is CCOC(=O)CSCC(=O)N(C)C1(C#N)CCCCC1. The lowest BCUT2D eigenvalue weighted by molar-refractivity contribution is -0.139. The van der Waals surface area contributed by atoms with Crippen molar-refractivity contribution in [2.75, 3.05) is 25.2 Å². The Hall–Kier alpha value is -1.22. The summed E-state index contributed by atoms with van der Waals surface area (Å²) in [5.41, 5.74) is -0.653. The number of nitrogens with zero attached hydrogens (tertiary/aromatic N) is 2. The Labute approximate surface area is 124 Å².